The van der Waals surface area contributed by atoms with E-state index in [1.165, 1.54) is 25.3 Å². The van der Waals surface area contributed by atoms with Crippen molar-refractivity contribution in [3.05, 3.63) is 87.5 Å². The molecule has 3 amide bonds. The zero-order valence-corrected chi connectivity index (χ0v) is 25.1. The van der Waals surface area contributed by atoms with Gasteiger partial charge in [0.25, 0.3) is 17.7 Å². The van der Waals surface area contributed by atoms with Gasteiger partial charge in [-0.1, -0.05) is 19.9 Å². The summed E-state index contributed by atoms with van der Waals surface area (Å²) in [6.07, 6.45) is -9.81. The summed E-state index contributed by atoms with van der Waals surface area (Å²) in [5.41, 5.74) is -3.40. The minimum atomic E-state index is -5.07. The second-order valence-electron chi connectivity index (χ2n) is 11.4. The highest BCUT2D eigenvalue weighted by Gasteiger charge is 2.38. The van der Waals surface area contributed by atoms with Crippen molar-refractivity contribution in [3.63, 3.8) is 0 Å². The topological polar surface area (TPSA) is 87.7 Å². The van der Waals surface area contributed by atoms with Crippen molar-refractivity contribution in [2.75, 3.05) is 30.8 Å². The number of halogens is 7. The molecular weight excluding hydrogens is 643 g/mol. The van der Waals surface area contributed by atoms with Gasteiger partial charge in [0.05, 0.1) is 29.5 Å². The Hall–Kier alpha value is -4.66. The Morgan fingerprint density at radius 3 is 2.17 bits per heavy atom. The number of likely N-dealkylation sites (tertiary alicyclic amines) is 1. The van der Waals surface area contributed by atoms with E-state index in [2.05, 4.69) is 10.6 Å². The summed E-state index contributed by atoms with van der Waals surface area (Å²) >= 11 is 0.549. The number of thiophene rings is 1. The number of alkyl halides is 6. The van der Waals surface area contributed by atoms with Gasteiger partial charge in [-0.2, -0.15) is 26.3 Å². The summed E-state index contributed by atoms with van der Waals surface area (Å²) in [7, 11) is 1.28. The van der Waals surface area contributed by atoms with E-state index in [4.69, 9.17) is 4.74 Å². The molecule has 7 nitrogen and oxygen atoms in total. The van der Waals surface area contributed by atoms with Gasteiger partial charge in [-0.3, -0.25) is 14.4 Å². The van der Waals surface area contributed by atoms with Gasteiger partial charge >= 0.3 is 12.4 Å². The maximum absolute atomic E-state index is 13.8. The minimum Gasteiger partial charge on any atom is -0.496 e. The van der Waals surface area contributed by atoms with Crippen molar-refractivity contribution in [3.8, 4) is 5.75 Å². The van der Waals surface area contributed by atoms with Crippen molar-refractivity contribution in [2.45, 2.75) is 26.2 Å². The second kappa shape index (κ2) is 11.6. The van der Waals surface area contributed by atoms with Crippen LogP contribution >= 0.6 is 11.3 Å². The fourth-order valence-electron chi connectivity index (χ4n) is 5.08. The lowest BCUT2D eigenvalue weighted by Gasteiger charge is -2.45. The Kier molecular flexibility index (Phi) is 8.26. The Morgan fingerprint density at radius 1 is 0.870 bits per heavy atom. The number of anilines is 2. The average Bonchev–Trinajstić information content (AvgIpc) is 3.32. The number of carbonyl (C=O) groups is 3. The van der Waals surface area contributed by atoms with Gasteiger partial charge in [0.1, 0.15) is 16.4 Å². The summed E-state index contributed by atoms with van der Waals surface area (Å²) in [5.74, 6) is -3.83. The highest BCUT2D eigenvalue weighted by Crippen LogP contribution is 2.41. The van der Waals surface area contributed by atoms with E-state index >= 15 is 0 Å². The van der Waals surface area contributed by atoms with Crippen LogP contribution in [0.2, 0.25) is 0 Å². The van der Waals surface area contributed by atoms with Gasteiger partial charge in [-0.15, -0.1) is 11.3 Å². The Labute approximate surface area is 260 Å². The Balaban J connectivity index is 1.53. The number of methoxy groups -OCH3 is 1. The summed E-state index contributed by atoms with van der Waals surface area (Å²) in [4.78, 5) is 41.3. The predicted molar refractivity (Wildman–Crippen MR) is 157 cm³/mol. The SMILES string of the molecule is COc1ccc(C(=O)N2CC(C)(C)C2)cc1C(=O)Nc1c(C(=O)Nc2ccc(F)c(C(F)(F)F)c2)sc2cc(C(F)(F)F)ccc12. The molecule has 0 spiro atoms. The third kappa shape index (κ3) is 6.50. The van der Waals surface area contributed by atoms with Gasteiger partial charge in [0.15, 0.2) is 0 Å². The quantitative estimate of drug-likeness (QED) is 0.204. The molecule has 0 aliphatic carbocycles. The molecule has 1 aliphatic heterocycles. The smallest absolute Gasteiger partial charge is 0.419 e. The van der Waals surface area contributed by atoms with Crippen LogP contribution in [0.25, 0.3) is 10.1 Å². The molecule has 1 fully saturated rings. The van der Waals surface area contributed by atoms with Crippen LogP contribution in [0.15, 0.2) is 54.6 Å². The molecular formula is C31H24F7N3O4S. The molecule has 4 aromatic rings. The zero-order chi connectivity index (χ0) is 33.8. The molecule has 0 radical (unpaired) electrons. The molecule has 1 aliphatic rings. The van der Waals surface area contributed by atoms with Gasteiger partial charge in [-0.05, 0) is 53.9 Å². The van der Waals surface area contributed by atoms with Crippen LogP contribution in [-0.2, 0) is 12.4 Å². The van der Waals surface area contributed by atoms with Crippen LogP contribution in [0.1, 0.15) is 55.4 Å². The molecule has 0 atom stereocenters. The molecule has 0 bridgehead atoms. The first-order chi connectivity index (χ1) is 21.4. The maximum Gasteiger partial charge on any atom is 0.419 e. The van der Waals surface area contributed by atoms with Crippen molar-refractivity contribution in [1.82, 2.24) is 4.90 Å². The molecule has 1 aromatic heterocycles. The van der Waals surface area contributed by atoms with Gasteiger partial charge in [0.2, 0.25) is 0 Å². The summed E-state index contributed by atoms with van der Waals surface area (Å²) in [6, 6.07) is 8.46. The normalized spacial score (nSPS) is 14.5. The molecule has 1 saturated heterocycles. The van der Waals surface area contributed by atoms with Crippen molar-refractivity contribution < 1.29 is 49.9 Å². The fraction of sp³-hybridized carbons (Fsp3) is 0.258. The molecule has 46 heavy (non-hydrogen) atoms. The first-order valence-electron chi connectivity index (χ1n) is 13.5. The first kappa shape index (κ1) is 32.7. The Bertz CT molecular complexity index is 1870. The van der Waals surface area contributed by atoms with Crippen molar-refractivity contribution >= 4 is 50.5 Å². The average molecular weight is 668 g/mol. The largest absolute Gasteiger partial charge is 0.496 e. The van der Waals surface area contributed by atoms with Gasteiger partial charge in [-0.25, -0.2) is 4.39 Å². The van der Waals surface area contributed by atoms with Crippen LogP contribution < -0.4 is 15.4 Å². The second-order valence-corrected chi connectivity index (χ2v) is 12.4. The van der Waals surface area contributed by atoms with Crippen molar-refractivity contribution in [1.29, 1.82) is 0 Å². The van der Waals surface area contributed by atoms with E-state index in [0.717, 1.165) is 24.3 Å². The fourth-order valence-corrected chi connectivity index (χ4v) is 6.17. The number of ether oxygens (including phenoxy) is 1. The van der Waals surface area contributed by atoms with Crippen LogP contribution in [-0.4, -0.2) is 42.8 Å². The zero-order valence-electron chi connectivity index (χ0n) is 24.2. The Morgan fingerprint density at radius 2 is 1.57 bits per heavy atom. The van der Waals surface area contributed by atoms with E-state index < -0.39 is 46.8 Å². The molecule has 5 rings (SSSR count). The molecule has 0 saturated carbocycles. The van der Waals surface area contributed by atoms with E-state index in [9.17, 15) is 45.1 Å². The molecule has 2 N–H and O–H groups in total. The lowest BCUT2D eigenvalue weighted by molar-refractivity contribution is -0.140. The number of hydrogen-bond donors (Lipinski definition) is 2. The number of nitrogens with one attached hydrogen (secondary N) is 2. The van der Waals surface area contributed by atoms with E-state index in [-0.39, 0.29) is 48.8 Å². The number of amides is 3. The molecule has 3 aromatic carbocycles. The molecule has 0 unspecified atom stereocenters. The number of benzene rings is 3. The van der Waals surface area contributed by atoms with E-state index in [0.29, 0.717) is 36.6 Å². The summed E-state index contributed by atoms with van der Waals surface area (Å²) < 4.78 is 99.2. The number of rotatable bonds is 6. The lowest BCUT2D eigenvalue weighted by atomic mass is 9.84. The van der Waals surface area contributed by atoms with Crippen LogP contribution in [0.3, 0.4) is 0 Å². The molecule has 15 heteroatoms. The summed E-state index contributed by atoms with van der Waals surface area (Å²) in [5, 5.41) is 4.74. The van der Waals surface area contributed by atoms with Gasteiger partial charge < -0.3 is 20.3 Å². The van der Waals surface area contributed by atoms with Gasteiger partial charge in [0, 0.05) is 34.4 Å². The first-order valence-corrected chi connectivity index (χ1v) is 14.3. The standard InChI is InChI=1S/C31H24F7N3O4S/c1-29(2)13-41(14-29)28(44)15-4-9-22(45-3)19(10-15)26(42)40-24-18-7-5-16(30(33,34)35)11-23(18)46-25(24)27(43)39-17-6-8-21(32)20(12-17)31(36,37)38/h4-12H,13-14H2,1-3H3,(H,39,43)(H,40,42). The van der Waals surface area contributed by atoms with Crippen molar-refractivity contribution in [2.24, 2.45) is 5.41 Å². The monoisotopic (exact) mass is 667 g/mol. The number of carbonyl (C=O) groups excluding carboxylic acids is 3. The summed E-state index contributed by atoms with van der Waals surface area (Å²) in [6.45, 7) is 4.98. The molecule has 2 heterocycles. The van der Waals surface area contributed by atoms with E-state index in [1.54, 1.807) is 4.90 Å². The van der Waals surface area contributed by atoms with E-state index in [1.807, 2.05) is 13.8 Å². The number of nitrogens with zero attached hydrogens (tertiary/aromatic N) is 1. The van der Waals surface area contributed by atoms with Crippen LogP contribution in [0, 0.1) is 11.2 Å². The highest BCUT2D eigenvalue weighted by molar-refractivity contribution is 7.21. The molecule has 242 valence electrons. The maximum atomic E-state index is 13.8. The number of fused-ring (bicyclic) bond motifs is 1. The number of hydrogen-bond acceptors (Lipinski definition) is 5. The van der Waals surface area contributed by atoms with Crippen LogP contribution in [0.5, 0.6) is 5.75 Å². The third-order valence-electron chi connectivity index (χ3n) is 7.21. The minimum absolute atomic E-state index is 0.0283. The predicted octanol–water partition coefficient (Wildman–Crippen LogP) is 8.07. The highest BCUT2D eigenvalue weighted by atomic mass is 32.1. The lowest BCUT2D eigenvalue weighted by Crippen LogP contribution is -2.55. The third-order valence-corrected chi connectivity index (χ3v) is 8.36. The van der Waals surface area contributed by atoms with Crippen LogP contribution in [0.4, 0.5) is 42.1 Å².